The molecule has 5 aliphatic rings. The van der Waals surface area contributed by atoms with Crippen LogP contribution in [0.4, 0.5) is 0 Å². The number of fused-ring (bicyclic) bond motifs is 5. The highest BCUT2D eigenvalue weighted by Gasteiger charge is 2.69. The van der Waals surface area contributed by atoms with Gasteiger partial charge in [0, 0.05) is 23.8 Å². The van der Waals surface area contributed by atoms with Gasteiger partial charge in [-0.05, 0) is 79.7 Å². The van der Waals surface area contributed by atoms with Crippen molar-refractivity contribution < 1.29 is 44.5 Å². The van der Waals surface area contributed by atoms with Gasteiger partial charge in [-0.15, -0.1) is 0 Å². The number of aliphatic hydroxyl groups is 6. The summed E-state index contributed by atoms with van der Waals surface area (Å²) in [6.45, 7) is 3.93. The van der Waals surface area contributed by atoms with Crippen LogP contribution in [0.1, 0.15) is 76.7 Å². The van der Waals surface area contributed by atoms with E-state index in [2.05, 4.69) is 13.8 Å². The molecule has 1 aromatic rings. The van der Waals surface area contributed by atoms with Crippen LogP contribution in [0.15, 0.2) is 27.6 Å². The van der Waals surface area contributed by atoms with E-state index in [1.807, 2.05) is 0 Å². The zero-order chi connectivity index (χ0) is 28.6. The summed E-state index contributed by atoms with van der Waals surface area (Å²) >= 11 is 0. The summed E-state index contributed by atoms with van der Waals surface area (Å²) in [6.07, 6.45) is 0.228. The molecule has 0 spiro atoms. The molecule has 1 aliphatic heterocycles. The molecule has 4 saturated carbocycles. The van der Waals surface area contributed by atoms with Crippen LogP contribution >= 0.6 is 0 Å². The van der Waals surface area contributed by atoms with Crippen molar-refractivity contribution in [2.75, 3.05) is 6.61 Å². The average Bonchev–Trinajstić information content (AvgIpc) is 3.14. The molecule has 1 saturated heterocycles. The average molecular weight is 565 g/mol. The molecule has 10 nitrogen and oxygen atoms in total. The first-order valence-electron chi connectivity index (χ1n) is 14.9. The third-order valence-corrected chi connectivity index (χ3v) is 12.1. The van der Waals surface area contributed by atoms with Gasteiger partial charge < -0.3 is 44.5 Å². The molecule has 6 rings (SSSR count). The summed E-state index contributed by atoms with van der Waals surface area (Å²) in [5.41, 5.74) is -1.27. The van der Waals surface area contributed by atoms with Gasteiger partial charge >= 0.3 is 5.63 Å². The van der Waals surface area contributed by atoms with Gasteiger partial charge in [0.15, 0.2) is 6.29 Å². The van der Waals surface area contributed by atoms with E-state index in [1.54, 1.807) is 6.07 Å². The predicted octanol–water partition coefficient (Wildman–Crippen LogP) is 1.04. The molecule has 0 amide bonds. The Kier molecular flexibility index (Phi) is 7.27. The lowest BCUT2D eigenvalue weighted by Gasteiger charge is -2.63. The minimum Gasteiger partial charge on any atom is -0.431 e. The Morgan fingerprint density at radius 1 is 0.975 bits per heavy atom. The molecule has 14 atom stereocenters. The Morgan fingerprint density at radius 3 is 2.45 bits per heavy atom. The van der Waals surface area contributed by atoms with Crippen molar-refractivity contribution in [1.29, 1.82) is 0 Å². The van der Waals surface area contributed by atoms with Crippen LogP contribution in [0.3, 0.4) is 0 Å². The van der Waals surface area contributed by atoms with Crippen molar-refractivity contribution in [3.63, 3.8) is 0 Å². The lowest BCUT2D eigenvalue weighted by atomic mass is 9.43. The standard InChI is InChI=1S/C30H44O10/c1-28-9-7-17(39-27-26(36)25(35)24(34)21(13-31)40-27)11-16(28)4-5-19-18(28)8-10-29(2)23(20(32)12-30(19,29)37)15-3-6-22(33)38-14-15/h3,6,14,16-21,23-27,31-32,34-37H,4-5,7-13H2,1-2H3/t16-,17-,18-,19+,20-,21+,23-,24+,25-,26+,27+,28-,29+,30-/m0/s1. The maximum atomic E-state index is 12.4. The van der Waals surface area contributed by atoms with E-state index in [9.17, 15) is 35.4 Å². The molecule has 224 valence electrons. The van der Waals surface area contributed by atoms with Gasteiger partial charge in [-0.1, -0.05) is 13.8 Å². The van der Waals surface area contributed by atoms with Crippen LogP contribution < -0.4 is 5.63 Å². The molecule has 1 aromatic heterocycles. The second-order valence-electron chi connectivity index (χ2n) is 13.7. The Labute approximate surface area is 233 Å². The second kappa shape index (κ2) is 10.1. The van der Waals surface area contributed by atoms with E-state index in [1.165, 1.54) is 12.3 Å². The zero-order valence-electron chi connectivity index (χ0n) is 23.3. The van der Waals surface area contributed by atoms with Gasteiger partial charge in [0.2, 0.25) is 0 Å². The molecule has 6 N–H and O–H groups in total. The Balaban J connectivity index is 1.18. The molecule has 0 unspecified atom stereocenters. The van der Waals surface area contributed by atoms with Crippen LogP contribution in [0, 0.1) is 28.6 Å². The number of aliphatic hydroxyl groups excluding tert-OH is 5. The van der Waals surface area contributed by atoms with Crippen LogP contribution in [0.5, 0.6) is 0 Å². The van der Waals surface area contributed by atoms with E-state index in [0.717, 1.165) is 50.5 Å². The minimum absolute atomic E-state index is 0.0161. The molecule has 4 aliphatic carbocycles. The largest absolute Gasteiger partial charge is 0.431 e. The topological polar surface area (TPSA) is 170 Å². The van der Waals surface area contributed by atoms with E-state index in [4.69, 9.17) is 13.9 Å². The van der Waals surface area contributed by atoms with Crippen LogP contribution in [-0.4, -0.2) is 85.8 Å². The summed E-state index contributed by atoms with van der Waals surface area (Å²) in [5, 5.41) is 63.9. The molecule has 2 heterocycles. The Morgan fingerprint density at radius 2 is 1.75 bits per heavy atom. The third kappa shape index (κ3) is 4.17. The Hall–Kier alpha value is -1.37. The first-order valence-corrected chi connectivity index (χ1v) is 14.9. The molecule has 40 heavy (non-hydrogen) atoms. The lowest BCUT2D eigenvalue weighted by molar-refractivity contribution is -0.317. The monoisotopic (exact) mass is 564 g/mol. The molecule has 0 bridgehead atoms. The highest BCUT2D eigenvalue weighted by atomic mass is 16.7. The number of rotatable bonds is 4. The molecule has 5 fully saturated rings. The third-order valence-electron chi connectivity index (χ3n) is 12.1. The van der Waals surface area contributed by atoms with E-state index < -0.39 is 60.1 Å². The summed E-state index contributed by atoms with van der Waals surface area (Å²) < 4.78 is 16.9. The first-order chi connectivity index (χ1) is 18.9. The maximum Gasteiger partial charge on any atom is 0.335 e. The summed E-state index contributed by atoms with van der Waals surface area (Å²) in [7, 11) is 0. The normalized spacial score (nSPS) is 52.5. The maximum absolute atomic E-state index is 12.4. The molecular formula is C30H44O10. The van der Waals surface area contributed by atoms with Gasteiger partial charge in [-0.3, -0.25) is 0 Å². The SMILES string of the molecule is C[C@]12CC[C@H](O[C@@H]3O[C@H](CO)[C@@H](O)[C@H](O)[C@H]3O)C[C@@H]1CC[C@@H]1[C@@H]2CC[C@]2(C)[C@@H](c3ccc(=O)oc3)[C@@H](O)C[C@]12O. The smallest absolute Gasteiger partial charge is 0.335 e. The highest BCUT2D eigenvalue weighted by Crippen LogP contribution is 2.70. The minimum atomic E-state index is -1.46. The van der Waals surface area contributed by atoms with Crippen molar-refractivity contribution in [2.24, 2.45) is 28.6 Å². The second-order valence-corrected chi connectivity index (χ2v) is 13.7. The molecule has 0 aromatic carbocycles. The quantitative estimate of drug-likeness (QED) is 0.291. The first kappa shape index (κ1) is 28.7. The van der Waals surface area contributed by atoms with Crippen molar-refractivity contribution in [2.45, 2.75) is 120 Å². The summed E-state index contributed by atoms with van der Waals surface area (Å²) in [5.74, 6) is 0.370. The van der Waals surface area contributed by atoms with Crippen LogP contribution in [0.2, 0.25) is 0 Å². The number of hydrogen-bond acceptors (Lipinski definition) is 10. The lowest BCUT2D eigenvalue weighted by Crippen LogP contribution is -2.62. The van der Waals surface area contributed by atoms with Gasteiger partial charge in [-0.2, -0.15) is 0 Å². The van der Waals surface area contributed by atoms with Gasteiger partial charge in [0.05, 0.1) is 30.7 Å². The van der Waals surface area contributed by atoms with Gasteiger partial charge in [0.25, 0.3) is 0 Å². The summed E-state index contributed by atoms with van der Waals surface area (Å²) in [4.78, 5) is 11.6. The zero-order valence-corrected chi connectivity index (χ0v) is 23.3. The van der Waals surface area contributed by atoms with Gasteiger partial charge in [0.1, 0.15) is 24.4 Å². The van der Waals surface area contributed by atoms with E-state index >= 15 is 0 Å². The number of ether oxygens (including phenoxy) is 2. The van der Waals surface area contributed by atoms with Crippen molar-refractivity contribution in [3.05, 3.63) is 34.4 Å². The van der Waals surface area contributed by atoms with Crippen LogP contribution in [-0.2, 0) is 9.47 Å². The number of hydrogen-bond donors (Lipinski definition) is 6. The van der Waals surface area contributed by atoms with Gasteiger partial charge in [-0.25, -0.2) is 4.79 Å². The van der Waals surface area contributed by atoms with Crippen LogP contribution in [0.25, 0.3) is 0 Å². The van der Waals surface area contributed by atoms with E-state index in [0.29, 0.717) is 12.3 Å². The fourth-order valence-electron chi connectivity index (χ4n) is 9.86. The fraction of sp³-hybridized carbons (Fsp3) is 0.833. The summed E-state index contributed by atoms with van der Waals surface area (Å²) in [6, 6.07) is 3.10. The highest BCUT2D eigenvalue weighted by molar-refractivity contribution is 5.29. The fourth-order valence-corrected chi connectivity index (χ4v) is 9.86. The Bertz CT molecular complexity index is 1120. The molecular weight excluding hydrogens is 520 g/mol. The molecule has 0 radical (unpaired) electrons. The van der Waals surface area contributed by atoms with E-state index in [-0.39, 0.29) is 29.3 Å². The predicted molar refractivity (Wildman–Crippen MR) is 141 cm³/mol. The van der Waals surface area contributed by atoms with Crippen molar-refractivity contribution in [1.82, 2.24) is 0 Å². The molecule has 10 heteroatoms. The van der Waals surface area contributed by atoms with Crippen molar-refractivity contribution >= 4 is 0 Å². The van der Waals surface area contributed by atoms with Crippen molar-refractivity contribution in [3.8, 4) is 0 Å².